The van der Waals surface area contributed by atoms with Crippen LogP contribution in [0.5, 0.6) is 11.5 Å². The van der Waals surface area contributed by atoms with Gasteiger partial charge in [-0.25, -0.2) is 5.43 Å². The number of carbonyl (C=O) groups is 2. The van der Waals surface area contributed by atoms with Crippen LogP contribution >= 0.6 is 0 Å². The lowest BCUT2D eigenvalue weighted by molar-refractivity contribution is -0.124. The topological polar surface area (TPSA) is 100 Å². The molecule has 0 saturated heterocycles. The van der Waals surface area contributed by atoms with Gasteiger partial charge in [0, 0.05) is 18.5 Å². The molecular weight excluding hydrogens is 358 g/mol. The molecule has 28 heavy (non-hydrogen) atoms. The molecule has 0 unspecified atom stereocenters. The molecule has 0 aliphatic heterocycles. The molecule has 0 spiro atoms. The van der Waals surface area contributed by atoms with Crippen molar-refractivity contribution < 1.29 is 19.4 Å². The molecule has 2 aromatic carbocycles. The summed E-state index contributed by atoms with van der Waals surface area (Å²) < 4.78 is 5.29. The fraction of sp³-hybridized carbons (Fsp3) is 0.286. The second-order valence-corrected chi connectivity index (χ2v) is 6.30. The molecule has 0 radical (unpaired) electrons. The number of aryl methyl sites for hydroxylation is 2. The molecule has 7 heteroatoms. The summed E-state index contributed by atoms with van der Waals surface area (Å²) in [5.41, 5.74) is 5.99. The highest BCUT2D eigenvalue weighted by Crippen LogP contribution is 2.26. The summed E-state index contributed by atoms with van der Waals surface area (Å²) in [6.07, 6.45) is 1.52. The van der Waals surface area contributed by atoms with Crippen molar-refractivity contribution in [3.05, 3.63) is 53.1 Å². The summed E-state index contributed by atoms with van der Waals surface area (Å²) in [6.45, 7) is 6.22. The van der Waals surface area contributed by atoms with E-state index in [2.05, 4.69) is 15.8 Å². The Bertz CT molecular complexity index is 878. The number of nitrogens with one attached hydrogen (secondary N) is 2. The first-order chi connectivity index (χ1) is 13.4. The van der Waals surface area contributed by atoms with Crippen LogP contribution in [0.4, 0.5) is 5.69 Å². The van der Waals surface area contributed by atoms with Crippen LogP contribution in [0.25, 0.3) is 0 Å². The summed E-state index contributed by atoms with van der Waals surface area (Å²) in [5.74, 6) is -0.212. The van der Waals surface area contributed by atoms with Gasteiger partial charge in [-0.1, -0.05) is 6.07 Å². The number of phenolic OH excluding ortho intramolecular Hbond substituents is 1. The number of hydrogen-bond donors (Lipinski definition) is 3. The number of rotatable bonds is 8. The first-order valence-corrected chi connectivity index (χ1v) is 9.04. The fourth-order valence-electron chi connectivity index (χ4n) is 2.39. The van der Waals surface area contributed by atoms with Crippen molar-refractivity contribution in [2.75, 3.05) is 11.9 Å². The number of carbonyl (C=O) groups excluding carboxylic acids is 2. The summed E-state index contributed by atoms with van der Waals surface area (Å²) in [7, 11) is 0. The highest BCUT2D eigenvalue weighted by atomic mass is 16.5. The minimum Gasteiger partial charge on any atom is -0.504 e. The Morgan fingerprint density at radius 3 is 2.54 bits per heavy atom. The standard InChI is InChI=1S/C21H25N3O4/c1-4-28-19-12-16(6-8-18(19)25)13-22-24-21(27)10-9-20(26)23-17-7-5-14(2)15(3)11-17/h5-8,11-13,25H,4,9-10H2,1-3H3,(H,23,26)(H,24,27)/b22-13+. The molecule has 7 nitrogen and oxygen atoms in total. The molecule has 0 fully saturated rings. The van der Waals surface area contributed by atoms with Crippen molar-refractivity contribution in [3.8, 4) is 11.5 Å². The average molecular weight is 383 g/mol. The van der Waals surface area contributed by atoms with Gasteiger partial charge in [0.15, 0.2) is 11.5 Å². The van der Waals surface area contributed by atoms with E-state index in [1.165, 1.54) is 12.3 Å². The molecule has 0 saturated carbocycles. The predicted molar refractivity (Wildman–Crippen MR) is 109 cm³/mol. The van der Waals surface area contributed by atoms with E-state index in [1.54, 1.807) is 12.1 Å². The highest BCUT2D eigenvalue weighted by molar-refractivity contribution is 5.93. The van der Waals surface area contributed by atoms with Gasteiger partial charge in [-0.3, -0.25) is 9.59 Å². The van der Waals surface area contributed by atoms with E-state index in [9.17, 15) is 14.7 Å². The minimum absolute atomic E-state index is 0.0216. The predicted octanol–water partition coefficient (Wildman–Crippen LogP) is 3.28. The second-order valence-electron chi connectivity index (χ2n) is 6.30. The van der Waals surface area contributed by atoms with Crippen LogP contribution in [0, 0.1) is 13.8 Å². The van der Waals surface area contributed by atoms with Gasteiger partial charge in [-0.05, 0) is 67.8 Å². The second kappa shape index (κ2) is 10.1. The molecule has 2 aromatic rings. The Labute approximate surface area is 164 Å². The lowest BCUT2D eigenvalue weighted by Crippen LogP contribution is -2.20. The quantitative estimate of drug-likeness (QED) is 0.481. The molecule has 148 valence electrons. The van der Waals surface area contributed by atoms with Crippen LogP contribution in [-0.2, 0) is 9.59 Å². The lowest BCUT2D eigenvalue weighted by Gasteiger charge is -2.07. The molecule has 0 aromatic heterocycles. The van der Waals surface area contributed by atoms with Crippen LogP contribution in [-0.4, -0.2) is 29.7 Å². The molecular formula is C21H25N3O4. The number of benzene rings is 2. The van der Waals surface area contributed by atoms with Gasteiger partial charge in [-0.2, -0.15) is 5.10 Å². The van der Waals surface area contributed by atoms with E-state index in [0.717, 1.165) is 11.1 Å². The van der Waals surface area contributed by atoms with Crippen molar-refractivity contribution in [3.63, 3.8) is 0 Å². The van der Waals surface area contributed by atoms with Crippen LogP contribution in [0.1, 0.15) is 36.5 Å². The molecule has 0 heterocycles. The number of phenols is 1. The van der Waals surface area contributed by atoms with E-state index < -0.39 is 0 Å². The van der Waals surface area contributed by atoms with Gasteiger partial charge < -0.3 is 15.2 Å². The largest absolute Gasteiger partial charge is 0.504 e. The maximum atomic E-state index is 12.0. The van der Waals surface area contributed by atoms with Crippen molar-refractivity contribution in [1.29, 1.82) is 0 Å². The van der Waals surface area contributed by atoms with E-state index in [0.29, 0.717) is 23.6 Å². The van der Waals surface area contributed by atoms with Gasteiger partial charge in [-0.15, -0.1) is 0 Å². The zero-order valence-electron chi connectivity index (χ0n) is 16.3. The molecule has 3 N–H and O–H groups in total. The summed E-state index contributed by atoms with van der Waals surface area (Å²) in [6, 6.07) is 10.4. The Morgan fingerprint density at radius 1 is 1.07 bits per heavy atom. The Morgan fingerprint density at radius 2 is 1.82 bits per heavy atom. The Hall–Kier alpha value is -3.35. The maximum absolute atomic E-state index is 12.0. The molecule has 0 bridgehead atoms. The van der Waals surface area contributed by atoms with Gasteiger partial charge in [0.2, 0.25) is 11.8 Å². The van der Waals surface area contributed by atoms with Crippen LogP contribution in [0.2, 0.25) is 0 Å². The number of hydrazone groups is 1. The summed E-state index contributed by atoms with van der Waals surface area (Å²) in [5, 5.41) is 16.3. The third-order valence-corrected chi connectivity index (χ3v) is 4.06. The first kappa shape index (κ1) is 21.0. The molecule has 0 atom stereocenters. The third-order valence-electron chi connectivity index (χ3n) is 4.06. The zero-order chi connectivity index (χ0) is 20.5. The van der Waals surface area contributed by atoms with E-state index in [1.807, 2.05) is 39.0 Å². The number of nitrogens with zero attached hydrogens (tertiary/aromatic N) is 1. The monoisotopic (exact) mass is 383 g/mol. The maximum Gasteiger partial charge on any atom is 0.240 e. The van der Waals surface area contributed by atoms with Gasteiger partial charge >= 0.3 is 0 Å². The van der Waals surface area contributed by atoms with Crippen molar-refractivity contribution in [2.45, 2.75) is 33.6 Å². The molecule has 2 rings (SSSR count). The minimum atomic E-state index is -0.365. The third kappa shape index (κ3) is 6.42. The van der Waals surface area contributed by atoms with E-state index >= 15 is 0 Å². The number of amides is 2. The van der Waals surface area contributed by atoms with Gasteiger partial charge in [0.1, 0.15) is 0 Å². The van der Waals surface area contributed by atoms with Crippen molar-refractivity contribution in [2.24, 2.45) is 5.10 Å². The normalized spacial score (nSPS) is 10.7. The SMILES string of the molecule is CCOc1cc(/C=N/NC(=O)CCC(=O)Nc2ccc(C)c(C)c2)ccc1O. The summed E-state index contributed by atoms with van der Waals surface area (Å²) in [4.78, 5) is 23.8. The molecule has 2 amide bonds. The lowest BCUT2D eigenvalue weighted by atomic mass is 10.1. The smallest absolute Gasteiger partial charge is 0.240 e. The summed E-state index contributed by atoms with van der Waals surface area (Å²) >= 11 is 0. The Kier molecular flexibility index (Phi) is 7.56. The fourth-order valence-corrected chi connectivity index (χ4v) is 2.39. The highest BCUT2D eigenvalue weighted by Gasteiger charge is 2.07. The molecule has 0 aliphatic carbocycles. The van der Waals surface area contributed by atoms with E-state index in [-0.39, 0.29) is 30.4 Å². The number of hydrogen-bond acceptors (Lipinski definition) is 5. The van der Waals surface area contributed by atoms with Crippen LogP contribution in [0.3, 0.4) is 0 Å². The van der Waals surface area contributed by atoms with Gasteiger partial charge in [0.05, 0.1) is 12.8 Å². The number of ether oxygens (including phenoxy) is 1. The van der Waals surface area contributed by atoms with E-state index in [4.69, 9.17) is 4.74 Å². The average Bonchev–Trinajstić information content (AvgIpc) is 2.66. The zero-order valence-corrected chi connectivity index (χ0v) is 16.3. The first-order valence-electron chi connectivity index (χ1n) is 9.04. The van der Waals surface area contributed by atoms with Crippen molar-refractivity contribution in [1.82, 2.24) is 5.43 Å². The van der Waals surface area contributed by atoms with Crippen LogP contribution < -0.4 is 15.5 Å². The molecule has 0 aliphatic rings. The Balaban J connectivity index is 1.79. The van der Waals surface area contributed by atoms with Crippen molar-refractivity contribution >= 4 is 23.7 Å². The van der Waals surface area contributed by atoms with Gasteiger partial charge in [0.25, 0.3) is 0 Å². The number of aromatic hydroxyl groups is 1. The number of anilines is 1. The van der Waals surface area contributed by atoms with Crippen LogP contribution in [0.15, 0.2) is 41.5 Å².